The highest BCUT2D eigenvalue weighted by molar-refractivity contribution is 9.09. The van der Waals surface area contributed by atoms with Gasteiger partial charge in [0, 0.05) is 24.1 Å². The summed E-state index contributed by atoms with van der Waals surface area (Å²) in [7, 11) is 0. The molecule has 0 saturated carbocycles. The van der Waals surface area contributed by atoms with Gasteiger partial charge in [0.05, 0.1) is 11.4 Å². The number of hydrogen-bond acceptors (Lipinski definition) is 3. The largest absolute Gasteiger partial charge is 0.354 e. The van der Waals surface area contributed by atoms with Crippen LogP contribution in [0.1, 0.15) is 17.8 Å². The zero-order valence-electron chi connectivity index (χ0n) is 8.50. The Hall–Kier alpha value is -0.640. The third kappa shape index (κ3) is 1.90. The van der Waals surface area contributed by atoms with Gasteiger partial charge in [-0.15, -0.1) is 0 Å². The maximum Gasteiger partial charge on any atom is 0.150 e. The zero-order valence-corrected chi connectivity index (χ0v) is 10.1. The van der Waals surface area contributed by atoms with Gasteiger partial charge in [-0.3, -0.25) is 4.98 Å². The number of aryl methyl sites for hydroxylation is 2. The number of anilines is 1. The maximum atomic E-state index is 4.53. The van der Waals surface area contributed by atoms with Crippen LogP contribution in [-0.4, -0.2) is 27.9 Å². The van der Waals surface area contributed by atoms with E-state index in [1.165, 1.54) is 6.42 Å². The Kier molecular flexibility index (Phi) is 2.72. The van der Waals surface area contributed by atoms with Crippen molar-refractivity contribution in [2.45, 2.75) is 25.1 Å². The second kappa shape index (κ2) is 3.85. The monoisotopic (exact) mass is 255 g/mol. The number of hydrogen-bond donors (Lipinski definition) is 0. The number of nitrogens with zero attached hydrogens (tertiary/aromatic N) is 3. The quantitative estimate of drug-likeness (QED) is 0.720. The van der Waals surface area contributed by atoms with Crippen molar-refractivity contribution >= 4 is 21.7 Å². The number of alkyl halides is 1. The smallest absolute Gasteiger partial charge is 0.150 e. The minimum Gasteiger partial charge on any atom is -0.354 e. The summed E-state index contributed by atoms with van der Waals surface area (Å²) in [5.74, 6) is 1.05. The first-order valence-corrected chi connectivity index (χ1v) is 5.77. The molecule has 76 valence electrons. The minimum absolute atomic E-state index is 0.601. The molecule has 0 aromatic carbocycles. The Balaban J connectivity index is 2.27. The molecule has 4 heteroatoms. The van der Waals surface area contributed by atoms with Gasteiger partial charge in [0.15, 0.2) is 0 Å². The summed E-state index contributed by atoms with van der Waals surface area (Å²) in [5.41, 5.74) is 2.01. The SMILES string of the molecule is Cc1cnc(C)c(N2CCC(Br)C2)n1. The molecular weight excluding hydrogens is 242 g/mol. The normalized spacial score (nSPS) is 21.6. The Bertz CT molecular complexity index is 340. The summed E-state index contributed by atoms with van der Waals surface area (Å²) in [6.45, 7) is 6.12. The van der Waals surface area contributed by atoms with Gasteiger partial charge in [-0.2, -0.15) is 0 Å². The lowest BCUT2D eigenvalue weighted by molar-refractivity contribution is 0.899. The molecule has 0 aliphatic carbocycles. The molecule has 2 heterocycles. The predicted octanol–water partition coefficient (Wildman–Crippen LogP) is 2.07. The van der Waals surface area contributed by atoms with Gasteiger partial charge in [0.25, 0.3) is 0 Å². The van der Waals surface area contributed by atoms with Gasteiger partial charge in [-0.1, -0.05) is 15.9 Å². The van der Waals surface area contributed by atoms with Crippen LogP contribution in [0, 0.1) is 13.8 Å². The van der Waals surface area contributed by atoms with E-state index >= 15 is 0 Å². The van der Waals surface area contributed by atoms with Crippen LogP contribution in [0.4, 0.5) is 5.82 Å². The van der Waals surface area contributed by atoms with Crippen LogP contribution in [0.25, 0.3) is 0 Å². The van der Waals surface area contributed by atoms with Crippen molar-refractivity contribution in [1.82, 2.24) is 9.97 Å². The third-order valence-electron chi connectivity index (χ3n) is 2.48. The fraction of sp³-hybridized carbons (Fsp3) is 0.600. The summed E-state index contributed by atoms with van der Waals surface area (Å²) in [4.78, 5) is 11.8. The molecule has 0 spiro atoms. The van der Waals surface area contributed by atoms with E-state index in [9.17, 15) is 0 Å². The lowest BCUT2D eigenvalue weighted by Crippen LogP contribution is -2.22. The van der Waals surface area contributed by atoms with Gasteiger partial charge in [0.2, 0.25) is 0 Å². The fourth-order valence-corrected chi connectivity index (χ4v) is 2.29. The van der Waals surface area contributed by atoms with Crippen molar-refractivity contribution in [1.29, 1.82) is 0 Å². The zero-order chi connectivity index (χ0) is 10.1. The molecule has 1 aromatic heterocycles. The van der Waals surface area contributed by atoms with Crippen molar-refractivity contribution in [3.63, 3.8) is 0 Å². The van der Waals surface area contributed by atoms with Gasteiger partial charge < -0.3 is 4.90 Å². The highest BCUT2D eigenvalue weighted by atomic mass is 79.9. The van der Waals surface area contributed by atoms with E-state index in [2.05, 4.69) is 30.8 Å². The minimum atomic E-state index is 0.601. The van der Waals surface area contributed by atoms with Crippen LogP contribution in [0.15, 0.2) is 6.20 Å². The lowest BCUT2D eigenvalue weighted by atomic mass is 10.4. The van der Waals surface area contributed by atoms with E-state index in [0.717, 1.165) is 30.3 Å². The molecule has 1 atom stereocenters. The highest BCUT2D eigenvalue weighted by Crippen LogP contribution is 2.23. The molecule has 1 aliphatic rings. The van der Waals surface area contributed by atoms with Crippen LogP contribution in [0.3, 0.4) is 0 Å². The number of halogens is 1. The second-order valence-corrected chi connectivity index (χ2v) is 5.05. The summed E-state index contributed by atoms with van der Waals surface area (Å²) in [6, 6.07) is 0. The molecule has 0 radical (unpaired) electrons. The van der Waals surface area contributed by atoms with Gasteiger partial charge in [0.1, 0.15) is 5.82 Å². The highest BCUT2D eigenvalue weighted by Gasteiger charge is 2.22. The third-order valence-corrected chi connectivity index (χ3v) is 3.23. The molecule has 3 nitrogen and oxygen atoms in total. The van der Waals surface area contributed by atoms with Crippen LogP contribution in [0.2, 0.25) is 0 Å². The molecule has 2 rings (SSSR count). The number of aromatic nitrogens is 2. The first-order chi connectivity index (χ1) is 6.66. The van der Waals surface area contributed by atoms with Crippen molar-refractivity contribution in [3.05, 3.63) is 17.6 Å². The molecule has 0 bridgehead atoms. The predicted molar refractivity (Wildman–Crippen MR) is 61.1 cm³/mol. The van der Waals surface area contributed by atoms with E-state index in [1.807, 2.05) is 20.0 Å². The molecule has 1 saturated heterocycles. The van der Waals surface area contributed by atoms with E-state index in [4.69, 9.17) is 0 Å². The van der Waals surface area contributed by atoms with Crippen molar-refractivity contribution in [2.75, 3.05) is 18.0 Å². The Labute approximate surface area is 92.7 Å². The van der Waals surface area contributed by atoms with Crippen LogP contribution in [-0.2, 0) is 0 Å². The molecule has 1 aliphatic heterocycles. The summed E-state index contributed by atoms with van der Waals surface area (Å²) in [5, 5.41) is 0. The van der Waals surface area contributed by atoms with Crippen LogP contribution in [0.5, 0.6) is 0 Å². The van der Waals surface area contributed by atoms with Crippen LogP contribution < -0.4 is 4.90 Å². The van der Waals surface area contributed by atoms with Gasteiger partial charge >= 0.3 is 0 Å². The van der Waals surface area contributed by atoms with Gasteiger partial charge in [-0.25, -0.2) is 4.98 Å². The van der Waals surface area contributed by atoms with Crippen molar-refractivity contribution in [2.24, 2.45) is 0 Å². The Morgan fingerprint density at radius 1 is 1.50 bits per heavy atom. The van der Waals surface area contributed by atoms with Gasteiger partial charge in [-0.05, 0) is 20.3 Å². The fourth-order valence-electron chi connectivity index (χ4n) is 1.73. The maximum absolute atomic E-state index is 4.53. The lowest BCUT2D eigenvalue weighted by Gasteiger charge is -2.18. The molecule has 1 fully saturated rings. The first kappa shape index (κ1) is 9.90. The molecular formula is C10H14BrN3. The summed E-state index contributed by atoms with van der Waals surface area (Å²) in [6.07, 6.45) is 3.01. The van der Waals surface area contributed by atoms with E-state index in [0.29, 0.717) is 4.83 Å². The first-order valence-electron chi connectivity index (χ1n) is 4.86. The molecule has 0 amide bonds. The molecule has 0 N–H and O–H groups in total. The Morgan fingerprint density at radius 3 is 2.93 bits per heavy atom. The van der Waals surface area contributed by atoms with E-state index in [1.54, 1.807) is 0 Å². The second-order valence-electron chi connectivity index (χ2n) is 3.75. The topological polar surface area (TPSA) is 29.0 Å². The summed E-state index contributed by atoms with van der Waals surface area (Å²) >= 11 is 3.63. The van der Waals surface area contributed by atoms with Crippen molar-refractivity contribution < 1.29 is 0 Å². The molecule has 14 heavy (non-hydrogen) atoms. The van der Waals surface area contributed by atoms with Crippen molar-refractivity contribution in [3.8, 4) is 0 Å². The molecule has 1 unspecified atom stereocenters. The average molecular weight is 256 g/mol. The Morgan fingerprint density at radius 2 is 2.29 bits per heavy atom. The average Bonchev–Trinajstić information content (AvgIpc) is 2.56. The molecule has 1 aromatic rings. The van der Waals surface area contributed by atoms with E-state index < -0.39 is 0 Å². The van der Waals surface area contributed by atoms with E-state index in [-0.39, 0.29) is 0 Å². The van der Waals surface area contributed by atoms with Crippen LogP contribution >= 0.6 is 15.9 Å². The number of rotatable bonds is 1. The standard InChI is InChI=1S/C10H14BrN3/c1-7-5-12-8(2)10(13-7)14-4-3-9(11)6-14/h5,9H,3-4,6H2,1-2H3. The summed E-state index contributed by atoms with van der Waals surface area (Å²) < 4.78 is 0.